The summed E-state index contributed by atoms with van der Waals surface area (Å²) in [6, 6.07) is 7.75. The number of ether oxygens (including phenoxy) is 1. The SMILES string of the molecule is COc1ccc(C)cc1NC(=O)CSCCCC#N. The Morgan fingerprint density at radius 2 is 2.32 bits per heavy atom. The fourth-order valence-corrected chi connectivity index (χ4v) is 2.27. The standard InChI is InChI=1S/C14H18N2O2S/c1-11-5-6-13(18-2)12(9-11)16-14(17)10-19-8-4-3-7-15/h5-6,9H,3-4,8,10H2,1-2H3,(H,16,17). The number of anilines is 1. The zero-order chi connectivity index (χ0) is 14.1. The molecule has 19 heavy (non-hydrogen) atoms. The van der Waals surface area contributed by atoms with E-state index in [0.29, 0.717) is 23.6 Å². The molecule has 1 amide bonds. The Kier molecular flexibility index (Phi) is 6.83. The maximum Gasteiger partial charge on any atom is 0.234 e. The van der Waals surface area contributed by atoms with E-state index in [-0.39, 0.29) is 5.91 Å². The predicted molar refractivity (Wildman–Crippen MR) is 78.5 cm³/mol. The van der Waals surface area contributed by atoms with Crippen molar-refractivity contribution in [3.63, 3.8) is 0 Å². The van der Waals surface area contributed by atoms with Crippen LogP contribution >= 0.6 is 11.8 Å². The number of carbonyl (C=O) groups excluding carboxylic acids is 1. The van der Waals surface area contributed by atoms with Crippen molar-refractivity contribution < 1.29 is 9.53 Å². The molecule has 0 aliphatic heterocycles. The van der Waals surface area contributed by atoms with Crippen LogP contribution in [0.4, 0.5) is 5.69 Å². The Bertz CT molecular complexity index is 469. The number of aryl methyl sites for hydroxylation is 1. The van der Waals surface area contributed by atoms with E-state index in [0.717, 1.165) is 17.7 Å². The lowest BCUT2D eigenvalue weighted by Gasteiger charge is -2.10. The molecule has 0 aromatic heterocycles. The van der Waals surface area contributed by atoms with Gasteiger partial charge in [-0.3, -0.25) is 4.79 Å². The number of benzene rings is 1. The normalized spacial score (nSPS) is 9.74. The molecule has 0 aliphatic carbocycles. The van der Waals surface area contributed by atoms with Gasteiger partial charge in [-0.25, -0.2) is 0 Å². The van der Waals surface area contributed by atoms with Crippen LogP contribution in [0.15, 0.2) is 18.2 Å². The van der Waals surface area contributed by atoms with Gasteiger partial charge < -0.3 is 10.1 Å². The van der Waals surface area contributed by atoms with Crippen molar-refractivity contribution >= 4 is 23.4 Å². The lowest BCUT2D eigenvalue weighted by molar-refractivity contribution is -0.113. The molecule has 0 atom stereocenters. The molecular formula is C14H18N2O2S. The molecule has 0 radical (unpaired) electrons. The van der Waals surface area contributed by atoms with Gasteiger partial charge in [0.2, 0.25) is 5.91 Å². The predicted octanol–water partition coefficient (Wildman–Crippen LogP) is 2.98. The first kappa shape index (κ1) is 15.4. The summed E-state index contributed by atoms with van der Waals surface area (Å²) in [5, 5.41) is 11.2. The summed E-state index contributed by atoms with van der Waals surface area (Å²) >= 11 is 1.53. The van der Waals surface area contributed by atoms with E-state index in [1.54, 1.807) is 7.11 Å². The number of rotatable bonds is 7. The quantitative estimate of drug-likeness (QED) is 0.779. The van der Waals surface area contributed by atoms with Crippen LogP contribution in [-0.2, 0) is 4.79 Å². The molecule has 102 valence electrons. The third-order valence-corrected chi connectivity index (χ3v) is 3.48. The summed E-state index contributed by atoms with van der Waals surface area (Å²) in [5.74, 6) is 1.83. The average Bonchev–Trinajstić information content (AvgIpc) is 2.39. The van der Waals surface area contributed by atoms with Crippen LogP contribution in [0.25, 0.3) is 0 Å². The molecule has 0 unspecified atom stereocenters. The Morgan fingerprint density at radius 3 is 3.00 bits per heavy atom. The Balaban J connectivity index is 2.44. The van der Waals surface area contributed by atoms with Gasteiger partial charge in [0.05, 0.1) is 24.6 Å². The minimum absolute atomic E-state index is 0.0501. The van der Waals surface area contributed by atoms with Gasteiger partial charge in [-0.2, -0.15) is 17.0 Å². The van der Waals surface area contributed by atoms with Crippen molar-refractivity contribution in [2.45, 2.75) is 19.8 Å². The van der Waals surface area contributed by atoms with Crippen molar-refractivity contribution in [1.29, 1.82) is 5.26 Å². The number of carbonyl (C=O) groups is 1. The molecule has 0 saturated carbocycles. The molecular weight excluding hydrogens is 260 g/mol. The number of hydrogen-bond donors (Lipinski definition) is 1. The molecule has 1 aromatic carbocycles. The van der Waals surface area contributed by atoms with E-state index in [2.05, 4.69) is 11.4 Å². The van der Waals surface area contributed by atoms with Crippen LogP contribution in [0.3, 0.4) is 0 Å². The molecule has 0 bridgehead atoms. The van der Waals surface area contributed by atoms with Gasteiger partial charge in [0, 0.05) is 6.42 Å². The first-order chi connectivity index (χ1) is 9.17. The van der Waals surface area contributed by atoms with Crippen LogP contribution in [0.5, 0.6) is 5.75 Å². The fraction of sp³-hybridized carbons (Fsp3) is 0.429. The summed E-state index contributed by atoms with van der Waals surface area (Å²) in [6.07, 6.45) is 1.36. The van der Waals surface area contributed by atoms with Crippen molar-refractivity contribution in [1.82, 2.24) is 0 Å². The fourth-order valence-electron chi connectivity index (χ4n) is 1.52. The van der Waals surface area contributed by atoms with Gasteiger partial charge in [0.1, 0.15) is 5.75 Å². The summed E-state index contributed by atoms with van der Waals surface area (Å²) in [7, 11) is 1.58. The van der Waals surface area contributed by atoms with Gasteiger partial charge >= 0.3 is 0 Å². The lowest BCUT2D eigenvalue weighted by atomic mass is 10.2. The lowest BCUT2D eigenvalue weighted by Crippen LogP contribution is -2.15. The molecule has 0 fully saturated rings. The molecule has 0 aliphatic rings. The van der Waals surface area contributed by atoms with E-state index >= 15 is 0 Å². The third-order valence-electron chi connectivity index (χ3n) is 2.44. The van der Waals surface area contributed by atoms with Gasteiger partial charge in [0.25, 0.3) is 0 Å². The molecule has 1 aromatic rings. The third kappa shape index (κ3) is 5.66. The molecule has 0 saturated heterocycles. The van der Waals surface area contributed by atoms with Crippen LogP contribution in [0.1, 0.15) is 18.4 Å². The highest BCUT2D eigenvalue weighted by Crippen LogP contribution is 2.25. The number of amides is 1. The molecule has 0 heterocycles. The Labute approximate surface area is 118 Å². The molecule has 4 nitrogen and oxygen atoms in total. The van der Waals surface area contributed by atoms with Crippen LogP contribution in [0, 0.1) is 18.3 Å². The largest absolute Gasteiger partial charge is 0.495 e. The zero-order valence-electron chi connectivity index (χ0n) is 11.2. The highest BCUT2D eigenvalue weighted by molar-refractivity contribution is 7.99. The van der Waals surface area contributed by atoms with Crippen molar-refractivity contribution in [3.05, 3.63) is 23.8 Å². The summed E-state index contributed by atoms with van der Waals surface area (Å²) < 4.78 is 5.20. The van der Waals surface area contributed by atoms with Gasteiger partial charge in [0.15, 0.2) is 0 Å². The highest BCUT2D eigenvalue weighted by atomic mass is 32.2. The maximum atomic E-state index is 11.8. The first-order valence-corrected chi connectivity index (χ1v) is 7.22. The number of nitrogens with zero attached hydrogens (tertiary/aromatic N) is 1. The maximum absolute atomic E-state index is 11.8. The average molecular weight is 278 g/mol. The number of unbranched alkanes of at least 4 members (excludes halogenated alkanes) is 1. The van der Waals surface area contributed by atoms with Crippen LogP contribution in [-0.4, -0.2) is 24.5 Å². The number of nitrogens with one attached hydrogen (secondary N) is 1. The van der Waals surface area contributed by atoms with Crippen LogP contribution < -0.4 is 10.1 Å². The Hall–Kier alpha value is -1.67. The van der Waals surface area contributed by atoms with Crippen molar-refractivity contribution in [3.8, 4) is 11.8 Å². The van der Waals surface area contributed by atoms with E-state index in [1.807, 2.05) is 25.1 Å². The monoisotopic (exact) mass is 278 g/mol. The zero-order valence-corrected chi connectivity index (χ0v) is 12.0. The smallest absolute Gasteiger partial charge is 0.234 e. The second kappa shape index (κ2) is 8.44. The van der Waals surface area contributed by atoms with Crippen molar-refractivity contribution in [2.24, 2.45) is 0 Å². The van der Waals surface area contributed by atoms with E-state index in [4.69, 9.17) is 10.00 Å². The number of nitriles is 1. The van der Waals surface area contributed by atoms with Gasteiger partial charge in [-0.1, -0.05) is 6.07 Å². The number of thioether (sulfide) groups is 1. The highest BCUT2D eigenvalue weighted by Gasteiger charge is 2.07. The summed E-state index contributed by atoms with van der Waals surface area (Å²) in [5.41, 5.74) is 1.77. The molecule has 1 rings (SSSR count). The minimum atomic E-state index is -0.0501. The topological polar surface area (TPSA) is 62.1 Å². The first-order valence-electron chi connectivity index (χ1n) is 6.06. The van der Waals surface area contributed by atoms with Gasteiger partial charge in [-0.05, 0) is 36.8 Å². The second-order valence-corrected chi connectivity index (χ2v) is 5.17. The van der Waals surface area contributed by atoms with E-state index in [1.165, 1.54) is 11.8 Å². The summed E-state index contributed by atoms with van der Waals surface area (Å²) in [4.78, 5) is 11.8. The number of methoxy groups -OCH3 is 1. The molecule has 5 heteroatoms. The summed E-state index contributed by atoms with van der Waals surface area (Å²) in [6.45, 7) is 1.96. The molecule has 1 N–H and O–H groups in total. The second-order valence-electron chi connectivity index (χ2n) is 4.07. The van der Waals surface area contributed by atoms with E-state index < -0.39 is 0 Å². The minimum Gasteiger partial charge on any atom is -0.495 e. The molecule has 0 spiro atoms. The number of hydrogen-bond acceptors (Lipinski definition) is 4. The Morgan fingerprint density at radius 1 is 1.53 bits per heavy atom. The van der Waals surface area contributed by atoms with E-state index in [9.17, 15) is 4.79 Å². The van der Waals surface area contributed by atoms with Crippen LogP contribution in [0.2, 0.25) is 0 Å². The van der Waals surface area contributed by atoms with Crippen molar-refractivity contribution in [2.75, 3.05) is 23.9 Å². The van der Waals surface area contributed by atoms with Gasteiger partial charge in [-0.15, -0.1) is 0 Å².